The molecule has 0 atom stereocenters. The highest BCUT2D eigenvalue weighted by atomic mass is 16.6. The molecule has 0 N–H and O–H groups in total. The Balaban J connectivity index is 2.14. The molecule has 0 bridgehead atoms. The van der Waals surface area contributed by atoms with Crippen LogP contribution in [0.1, 0.15) is 36.7 Å². The van der Waals surface area contributed by atoms with Crippen LogP contribution >= 0.6 is 0 Å². The number of imidazole rings is 1. The lowest BCUT2D eigenvalue weighted by Gasteiger charge is -2.19. The average molecular weight is 382 g/mol. The first-order valence-electron chi connectivity index (χ1n) is 8.83. The molecule has 0 radical (unpaired) electrons. The van der Waals surface area contributed by atoms with Gasteiger partial charge in [-0.2, -0.15) is 4.57 Å². The summed E-state index contributed by atoms with van der Waals surface area (Å²) in [5, 5.41) is 0. The van der Waals surface area contributed by atoms with Crippen LogP contribution in [0.5, 0.6) is 0 Å². The van der Waals surface area contributed by atoms with E-state index < -0.39 is 23.4 Å². The summed E-state index contributed by atoms with van der Waals surface area (Å²) >= 11 is 0. The topological polar surface area (TPSA) is 79.5 Å². The molecular formula is C21H22N2O5. The average Bonchev–Trinajstić information content (AvgIpc) is 2.92. The van der Waals surface area contributed by atoms with Crippen LogP contribution in [0.25, 0.3) is 11.0 Å². The molecule has 0 aliphatic carbocycles. The van der Waals surface area contributed by atoms with Gasteiger partial charge in [0.15, 0.2) is 0 Å². The van der Waals surface area contributed by atoms with Crippen LogP contribution in [0.4, 0.5) is 4.79 Å². The molecule has 3 aromatic rings. The Morgan fingerprint density at radius 3 is 2.21 bits per heavy atom. The third-order valence-corrected chi connectivity index (χ3v) is 4.16. The smallest absolute Gasteiger partial charge is 0.423 e. The summed E-state index contributed by atoms with van der Waals surface area (Å²) in [4.78, 5) is 37.8. The first-order valence-corrected chi connectivity index (χ1v) is 8.83. The zero-order chi connectivity index (χ0) is 20.5. The fourth-order valence-corrected chi connectivity index (χ4v) is 2.98. The van der Waals surface area contributed by atoms with Crippen molar-refractivity contribution in [3.63, 3.8) is 0 Å². The molecule has 0 amide bonds. The van der Waals surface area contributed by atoms with E-state index in [1.807, 2.05) is 0 Å². The van der Waals surface area contributed by atoms with Crippen LogP contribution in [-0.4, -0.2) is 33.9 Å². The van der Waals surface area contributed by atoms with Gasteiger partial charge in [-0.3, -0.25) is 4.57 Å². The largest absolute Gasteiger partial charge is 0.465 e. The molecule has 0 spiro atoms. The lowest BCUT2D eigenvalue weighted by atomic mass is 10.1. The SMILES string of the molecule is COC(=O)c1ccccc1Cn1c(=O)n(C(=O)OC(C)(C)C)c2ccccc21. The fourth-order valence-electron chi connectivity index (χ4n) is 2.98. The molecule has 3 rings (SSSR count). The third-order valence-electron chi connectivity index (χ3n) is 4.16. The van der Waals surface area contributed by atoms with Gasteiger partial charge in [0.25, 0.3) is 0 Å². The van der Waals surface area contributed by atoms with Crippen molar-refractivity contribution in [3.05, 3.63) is 70.1 Å². The van der Waals surface area contributed by atoms with Gasteiger partial charge in [-0.1, -0.05) is 30.3 Å². The number of ether oxygens (including phenoxy) is 2. The lowest BCUT2D eigenvalue weighted by Crippen LogP contribution is -2.34. The van der Waals surface area contributed by atoms with Gasteiger partial charge >= 0.3 is 17.8 Å². The number of rotatable bonds is 3. The fraction of sp³-hybridized carbons (Fsp3) is 0.286. The zero-order valence-electron chi connectivity index (χ0n) is 16.3. The van der Waals surface area contributed by atoms with Gasteiger partial charge in [0.1, 0.15) is 5.60 Å². The third kappa shape index (κ3) is 3.69. The van der Waals surface area contributed by atoms with Crippen molar-refractivity contribution in [2.24, 2.45) is 0 Å². The maximum atomic E-state index is 13.1. The summed E-state index contributed by atoms with van der Waals surface area (Å²) in [6.45, 7) is 5.32. The molecule has 0 saturated heterocycles. The molecule has 28 heavy (non-hydrogen) atoms. The highest BCUT2D eigenvalue weighted by Crippen LogP contribution is 2.18. The predicted molar refractivity (Wildman–Crippen MR) is 105 cm³/mol. The number of hydrogen-bond donors (Lipinski definition) is 0. The number of carbonyl (C=O) groups is 2. The maximum absolute atomic E-state index is 13.1. The molecule has 0 saturated carbocycles. The second kappa shape index (κ2) is 7.34. The summed E-state index contributed by atoms with van der Waals surface area (Å²) in [5.41, 5.74) is 0.719. The number of methoxy groups -OCH3 is 1. The molecule has 0 fully saturated rings. The van der Waals surface area contributed by atoms with E-state index in [1.54, 1.807) is 69.3 Å². The van der Waals surface area contributed by atoms with Crippen molar-refractivity contribution in [1.29, 1.82) is 0 Å². The Morgan fingerprint density at radius 2 is 1.57 bits per heavy atom. The Kier molecular flexibility index (Phi) is 5.09. The van der Waals surface area contributed by atoms with Gasteiger partial charge in [-0.25, -0.2) is 14.4 Å². The van der Waals surface area contributed by atoms with E-state index in [2.05, 4.69) is 0 Å². The van der Waals surface area contributed by atoms with Crippen LogP contribution < -0.4 is 5.69 Å². The number of benzene rings is 2. The second-order valence-electron chi connectivity index (χ2n) is 7.32. The van der Waals surface area contributed by atoms with Gasteiger partial charge in [-0.15, -0.1) is 0 Å². The molecule has 1 aromatic heterocycles. The van der Waals surface area contributed by atoms with Crippen LogP contribution in [-0.2, 0) is 16.0 Å². The van der Waals surface area contributed by atoms with Crippen LogP contribution in [0.3, 0.4) is 0 Å². The van der Waals surface area contributed by atoms with E-state index in [4.69, 9.17) is 9.47 Å². The zero-order valence-corrected chi connectivity index (χ0v) is 16.3. The first kappa shape index (κ1) is 19.4. The number of aromatic nitrogens is 2. The molecular weight excluding hydrogens is 360 g/mol. The van der Waals surface area contributed by atoms with Crippen LogP contribution in [0.2, 0.25) is 0 Å². The number of hydrogen-bond acceptors (Lipinski definition) is 5. The van der Waals surface area contributed by atoms with E-state index in [0.717, 1.165) is 4.57 Å². The lowest BCUT2D eigenvalue weighted by molar-refractivity contribution is 0.0535. The Morgan fingerprint density at radius 1 is 0.964 bits per heavy atom. The van der Waals surface area contributed by atoms with Crippen molar-refractivity contribution in [1.82, 2.24) is 9.13 Å². The predicted octanol–water partition coefficient (Wildman–Crippen LogP) is 3.42. The van der Waals surface area contributed by atoms with Gasteiger partial charge in [0, 0.05) is 0 Å². The van der Waals surface area contributed by atoms with Gasteiger partial charge in [-0.05, 0) is 44.5 Å². The maximum Gasteiger partial charge on any atom is 0.423 e. The normalized spacial score (nSPS) is 11.4. The monoisotopic (exact) mass is 382 g/mol. The molecule has 0 aliphatic heterocycles. The number of esters is 1. The van der Waals surface area contributed by atoms with Crippen molar-refractivity contribution >= 4 is 23.1 Å². The number of carbonyl (C=O) groups excluding carboxylic acids is 2. The molecule has 7 heteroatoms. The summed E-state index contributed by atoms with van der Waals surface area (Å²) < 4.78 is 12.7. The first-order chi connectivity index (χ1) is 13.2. The summed E-state index contributed by atoms with van der Waals surface area (Å²) in [6, 6.07) is 13.8. The molecule has 7 nitrogen and oxygen atoms in total. The van der Waals surface area contributed by atoms with Crippen molar-refractivity contribution in [2.75, 3.05) is 7.11 Å². The molecule has 0 aliphatic rings. The summed E-state index contributed by atoms with van der Waals surface area (Å²) in [5.74, 6) is -0.487. The molecule has 0 unspecified atom stereocenters. The van der Waals surface area contributed by atoms with Crippen molar-refractivity contribution in [2.45, 2.75) is 32.9 Å². The quantitative estimate of drug-likeness (QED) is 0.649. The Bertz CT molecular complexity index is 1100. The van der Waals surface area contributed by atoms with Gasteiger partial charge in [0.05, 0.1) is 30.3 Å². The summed E-state index contributed by atoms with van der Waals surface area (Å²) in [6.07, 6.45) is -0.742. The standard InChI is InChI=1S/C21H22N2O5/c1-21(2,3)28-20(26)23-17-12-8-7-11-16(17)22(19(23)25)13-14-9-5-6-10-15(14)18(24)27-4/h5-12H,13H2,1-4H3. The molecule has 2 aromatic carbocycles. The van der Waals surface area contributed by atoms with Crippen LogP contribution in [0.15, 0.2) is 53.3 Å². The van der Waals surface area contributed by atoms with Crippen LogP contribution in [0, 0.1) is 0 Å². The molecule has 1 heterocycles. The van der Waals surface area contributed by atoms with E-state index in [9.17, 15) is 14.4 Å². The molecule has 146 valence electrons. The Labute approximate surface area is 162 Å². The van der Waals surface area contributed by atoms with E-state index in [-0.39, 0.29) is 6.54 Å². The van der Waals surface area contributed by atoms with Crippen molar-refractivity contribution in [3.8, 4) is 0 Å². The summed E-state index contributed by atoms with van der Waals surface area (Å²) in [7, 11) is 1.31. The highest BCUT2D eigenvalue weighted by molar-refractivity contribution is 5.91. The van der Waals surface area contributed by atoms with Gasteiger partial charge in [0.2, 0.25) is 0 Å². The van der Waals surface area contributed by atoms with Gasteiger partial charge < -0.3 is 9.47 Å². The minimum Gasteiger partial charge on any atom is -0.465 e. The van der Waals surface area contributed by atoms with Crippen molar-refractivity contribution < 1.29 is 19.1 Å². The van der Waals surface area contributed by atoms with E-state index >= 15 is 0 Å². The number of para-hydroxylation sites is 2. The van der Waals surface area contributed by atoms with E-state index in [1.165, 1.54) is 11.7 Å². The van der Waals surface area contributed by atoms with E-state index in [0.29, 0.717) is 22.2 Å². The highest BCUT2D eigenvalue weighted by Gasteiger charge is 2.24. The Hall–Kier alpha value is -3.35. The number of fused-ring (bicyclic) bond motifs is 1. The second-order valence-corrected chi connectivity index (χ2v) is 7.32. The number of nitrogens with zero attached hydrogens (tertiary/aromatic N) is 2. The minimum absolute atomic E-state index is 0.112. The minimum atomic E-state index is -0.742.